The molecule has 18 heavy (non-hydrogen) atoms. The smallest absolute Gasteiger partial charge is 0.219 e. The molecule has 5 heteroatoms. The molecule has 0 aromatic carbocycles. The van der Waals surface area contributed by atoms with E-state index in [0.717, 1.165) is 37.7 Å². The molecule has 100 valence electrons. The molecule has 1 atom stereocenters. The van der Waals surface area contributed by atoms with Crippen LogP contribution >= 0.6 is 0 Å². The van der Waals surface area contributed by atoms with Crippen molar-refractivity contribution in [2.75, 3.05) is 32.7 Å². The molecule has 1 unspecified atom stereocenters. The summed E-state index contributed by atoms with van der Waals surface area (Å²) in [6.45, 7) is 7.32. The summed E-state index contributed by atoms with van der Waals surface area (Å²) in [6.07, 6.45) is 0. The van der Waals surface area contributed by atoms with Crippen molar-refractivity contribution >= 4 is 5.91 Å². The van der Waals surface area contributed by atoms with Gasteiger partial charge in [0, 0.05) is 39.6 Å². The van der Waals surface area contributed by atoms with Crippen LogP contribution in [0, 0.1) is 6.92 Å². The van der Waals surface area contributed by atoms with Crippen molar-refractivity contribution in [3.05, 3.63) is 23.7 Å². The molecule has 2 rings (SSSR count). The number of hydrogen-bond donors (Lipinski definition) is 1. The number of amides is 1. The van der Waals surface area contributed by atoms with Crippen LogP contribution in [0.4, 0.5) is 0 Å². The van der Waals surface area contributed by atoms with E-state index in [1.807, 2.05) is 24.0 Å². The number of hydrogen-bond acceptors (Lipinski definition) is 4. The van der Waals surface area contributed by atoms with Crippen molar-refractivity contribution < 1.29 is 9.21 Å². The highest BCUT2D eigenvalue weighted by Gasteiger charge is 2.26. The quantitative estimate of drug-likeness (QED) is 0.861. The molecule has 1 aliphatic heterocycles. The molecule has 0 bridgehead atoms. The Balaban J connectivity index is 2.00. The summed E-state index contributed by atoms with van der Waals surface area (Å²) in [4.78, 5) is 15.4. The van der Waals surface area contributed by atoms with Crippen LogP contribution in [0.2, 0.25) is 0 Å². The highest BCUT2D eigenvalue weighted by atomic mass is 16.3. The van der Waals surface area contributed by atoms with Gasteiger partial charge in [-0.1, -0.05) is 0 Å². The summed E-state index contributed by atoms with van der Waals surface area (Å²) in [5.74, 6) is 1.98. The van der Waals surface area contributed by atoms with E-state index in [0.29, 0.717) is 6.54 Å². The van der Waals surface area contributed by atoms with Crippen LogP contribution in [0.25, 0.3) is 0 Å². The van der Waals surface area contributed by atoms with Gasteiger partial charge in [0.15, 0.2) is 0 Å². The highest BCUT2D eigenvalue weighted by Crippen LogP contribution is 2.23. The lowest BCUT2D eigenvalue weighted by molar-refractivity contribution is -0.130. The molecular formula is C13H21N3O2. The van der Waals surface area contributed by atoms with Gasteiger partial charge in [0.2, 0.25) is 5.91 Å². The van der Waals surface area contributed by atoms with Gasteiger partial charge in [-0.25, -0.2) is 0 Å². The van der Waals surface area contributed by atoms with E-state index in [1.165, 1.54) is 0 Å². The summed E-state index contributed by atoms with van der Waals surface area (Å²) in [5.41, 5.74) is 5.86. The number of carbonyl (C=O) groups is 1. The fourth-order valence-electron chi connectivity index (χ4n) is 2.43. The van der Waals surface area contributed by atoms with Gasteiger partial charge in [-0.05, 0) is 19.1 Å². The molecule has 2 heterocycles. The molecule has 1 aromatic heterocycles. The second kappa shape index (κ2) is 5.54. The topological polar surface area (TPSA) is 62.7 Å². The third kappa shape index (κ3) is 2.73. The van der Waals surface area contributed by atoms with Gasteiger partial charge in [-0.3, -0.25) is 9.69 Å². The van der Waals surface area contributed by atoms with Gasteiger partial charge in [0.05, 0.1) is 6.04 Å². The lowest BCUT2D eigenvalue weighted by atomic mass is 10.1. The Bertz CT molecular complexity index is 408. The molecule has 0 saturated carbocycles. The van der Waals surface area contributed by atoms with Gasteiger partial charge >= 0.3 is 0 Å². The lowest BCUT2D eigenvalue weighted by Gasteiger charge is -2.37. The zero-order valence-electron chi connectivity index (χ0n) is 11.1. The minimum Gasteiger partial charge on any atom is -0.465 e. The molecule has 0 aliphatic carbocycles. The van der Waals surface area contributed by atoms with Crippen molar-refractivity contribution in [2.45, 2.75) is 19.9 Å². The predicted molar refractivity (Wildman–Crippen MR) is 69.1 cm³/mol. The summed E-state index contributed by atoms with van der Waals surface area (Å²) in [5, 5.41) is 0. The summed E-state index contributed by atoms with van der Waals surface area (Å²) >= 11 is 0. The number of nitrogens with zero attached hydrogens (tertiary/aromatic N) is 2. The Morgan fingerprint density at radius 2 is 2.06 bits per heavy atom. The molecule has 2 N–H and O–H groups in total. The standard InChI is InChI=1S/C13H21N3O2/c1-10-3-4-13(18-10)12(9-14)16-7-5-15(6-8-16)11(2)17/h3-4,12H,5-9,14H2,1-2H3. The number of piperazine rings is 1. The average Bonchev–Trinajstić information content (AvgIpc) is 2.77. The number of furan rings is 1. The number of carbonyl (C=O) groups excluding carboxylic acids is 1. The SMILES string of the molecule is CC(=O)N1CCN(C(CN)c2ccc(C)o2)CC1. The minimum absolute atomic E-state index is 0.118. The fraction of sp³-hybridized carbons (Fsp3) is 0.615. The summed E-state index contributed by atoms with van der Waals surface area (Å²) < 4.78 is 5.66. The van der Waals surface area contributed by atoms with E-state index >= 15 is 0 Å². The Morgan fingerprint density at radius 1 is 1.39 bits per heavy atom. The van der Waals surface area contributed by atoms with Crippen molar-refractivity contribution in [3.63, 3.8) is 0 Å². The second-order valence-electron chi connectivity index (χ2n) is 4.74. The number of nitrogens with two attached hydrogens (primary N) is 1. The van der Waals surface area contributed by atoms with E-state index in [2.05, 4.69) is 4.90 Å². The Labute approximate surface area is 108 Å². The zero-order valence-corrected chi connectivity index (χ0v) is 11.1. The van der Waals surface area contributed by atoms with Crippen molar-refractivity contribution in [1.82, 2.24) is 9.80 Å². The molecule has 1 fully saturated rings. The maximum Gasteiger partial charge on any atom is 0.219 e. The van der Waals surface area contributed by atoms with Crippen LogP contribution in [-0.4, -0.2) is 48.4 Å². The molecule has 1 aliphatic rings. The third-order valence-electron chi connectivity index (χ3n) is 3.51. The second-order valence-corrected chi connectivity index (χ2v) is 4.74. The Morgan fingerprint density at radius 3 is 2.50 bits per heavy atom. The van der Waals surface area contributed by atoms with Gasteiger partial charge in [0.1, 0.15) is 11.5 Å². The van der Waals surface area contributed by atoms with Crippen LogP contribution in [0.5, 0.6) is 0 Å². The maximum absolute atomic E-state index is 11.3. The normalized spacial score (nSPS) is 18.9. The van der Waals surface area contributed by atoms with Gasteiger partial charge < -0.3 is 15.1 Å². The lowest BCUT2D eigenvalue weighted by Crippen LogP contribution is -2.50. The Kier molecular flexibility index (Phi) is 4.04. The first-order valence-corrected chi connectivity index (χ1v) is 6.37. The van der Waals surface area contributed by atoms with Crippen LogP contribution in [0.15, 0.2) is 16.5 Å². The third-order valence-corrected chi connectivity index (χ3v) is 3.51. The predicted octanol–water partition coefficient (Wildman–Crippen LogP) is 0.752. The first kappa shape index (κ1) is 13.1. The first-order chi connectivity index (χ1) is 8.61. The number of rotatable bonds is 3. The van der Waals surface area contributed by atoms with E-state index in [1.54, 1.807) is 6.92 Å². The van der Waals surface area contributed by atoms with Crippen molar-refractivity contribution in [3.8, 4) is 0 Å². The van der Waals surface area contributed by atoms with Gasteiger partial charge in [0.25, 0.3) is 0 Å². The van der Waals surface area contributed by atoms with Crippen LogP contribution in [0.1, 0.15) is 24.5 Å². The van der Waals surface area contributed by atoms with Crippen LogP contribution < -0.4 is 5.73 Å². The van der Waals surface area contributed by atoms with Gasteiger partial charge in [-0.15, -0.1) is 0 Å². The van der Waals surface area contributed by atoms with Crippen molar-refractivity contribution in [1.29, 1.82) is 0 Å². The van der Waals surface area contributed by atoms with Gasteiger partial charge in [-0.2, -0.15) is 0 Å². The monoisotopic (exact) mass is 251 g/mol. The first-order valence-electron chi connectivity index (χ1n) is 6.37. The molecule has 0 radical (unpaired) electrons. The zero-order chi connectivity index (χ0) is 13.1. The van der Waals surface area contributed by atoms with Crippen LogP contribution in [-0.2, 0) is 4.79 Å². The minimum atomic E-state index is 0.118. The van der Waals surface area contributed by atoms with Crippen LogP contribution in [0.3, 0.4) is 0 Å². The summed E-state index contributed by atoms with van der Waals surface area (Å²) in [7, 11) is 0. The van der Waals surface area contributed by atoms with E-state index < -0.39 is 0 Å². The Hall–Kier alpha value is -1.33. The molecule has 5 nitrogen and oxygen atoms in total. The van der Waals surface area contributed by atoms with E-state index in [-0.39, 0.29) is 11.9 Å². The number of aryl methyl sites for hydroxylation is 1. The molecule has 1 saturated heterocycles. The van der Waals surface area contributed by atoms with Crippen molar-refractivity contribution in [2.24, 2.45) is 5.73 Å². The largest absolute Gasteiger partial charge is 0.465 e. The van der Waals surface area contributed by atoms with E-state index in [4.69, 9.17) is 10.2 Å². The van der Waals surface area contributed by atoms with E-state index in [9.17, 15) is 4.79 Å². The highest BCUT2D eigenvalue weighted by molar-refractivity contribution is 5.73. The fourth-order valence-corrected chi connectivity index (χ4v) is 2.43. The molecule has 0 spiro atoms. The molecular weight excluding hydrogens is 230 g/mol. The maximum atomic E-state index is 11.3. The molecule has 1 aromatic rings. The summed E-state index contributed by atoms with van der Waals surface area (Å²) in [6, 6.07) is 4.07. The molecule has 1 amide bonds. The average molecular weight is 251 g/mol.